The van der Waals surface area contributed by atoms with Crippen LogP contribution in [0.4, 0.5) is 0 Å². The third-order valence-corrected chi connectivity index (χ3v) is 4.18. The van der Waals surface area contributed by atoms with Gasteiger partial charge in [0.15, 0.2) is 5.03 Å². The molecule has 1 amide bonds. The number of hydrogen-bond acceptors (Lipinski definition) is 7. The van der Waals surface area contributed by atoms with E-state index in [9.17, 15) is 19.7 Å². The Hall–Kier alpha value is -2.43. The van der Waals surface area contributed by atoms with Crippen LogP contribution in [0.5, 0.6) is 0 Å². The number of guanidine groups is 1. The second kappa shape index (κ2) is 10.5. The highest BCUT2D eigenvalue weighted by Crippen LogP contribution is 2.24. The van der Waals surface area contributed by atoms with Crippen molar-refractivity contribution in [1.29, 1.82) is 0 Å². The molecule has 1 aliphatic heterocycles. The Morgan fingerprint density at radius 3 is 2.81 bits per heavy atom. The quantitative estimate of drug-likeness (QED) is 0.127. The van der Waals surface area contributed by atoms with E-state index in [4.69, 9.17) is 16.2 Å². The van der Waals surface area contributed by atoms with Gasteiger partial charge in [0.25, 0.3) is 5.96 Å². The first-order valence-corrected chi connectivity index (χ1v) is 8.69. The molecule has 1 aliphatic rings. The van der Waals surface area contributed by atoms with Crippen molar-refractivity contribution in [1.82, 2.24) is 10.3 Å². The van der Waals surface area contributed by atoms with E-state index < -0.39 is 23.1 Å². The van der Waals surface area contributed by atoms with Crippen LogP contribution in [-0.4, -0.2) is 59.5 Å². The fourth-order valence-corrected chi connectivity index (χ4v) is 2.84. The Balaban J connectivity index is 2.56. The third kappa shape index (κ3) is 6.82. The van der Waals surface area contributed by atoms with Crippen LogP contribution in [-0.2, 0) is 14.3 Å². The number of nitrogens with zero attached hydrogens (tertiary/aromatic N) is 3. The lowest BCUT2D eigenvalue weighted by atomic mass is 9.91. The van der Waals surface area contributed by atoms with E-state index in [0.29, 0.717) is 31.7 Å². The average Bonchev–Trinajstić information content (AvgIpc) is 2.57. The summed E-state index contributed by atoms with van der Waals surface area (Å²) in [6.07, 6.45) is 2.13. The maximum Gasteiger partial charge on any atom is 0.328 e. The maximum absolute atomic E-state index is 12.6. The molecular weight excluding hydrogens is 344 g/mol. The Morgan fingerprint density at radius 1 is 1.50 bits per heavy atom. The summed E-state index contributed by atoms with van der Waals surface area (Å²) in [5.41, 5.74) is 13.0. The topological polar surface area (TPSA) is 166 Å². The molecule has 1 rings (SSSR count). The monoisotopic (exact) mass is 372 g/mol. The number of carbonyl (C=O) groups is 2. The second-order valence-corrected chi connectivity index (χ2v) is 6.31. The summed E-state index contributed by atoms with van der Waals surface area (Å²) in [6, 6.07) is -1.38. The van der Waals surface area contributed by atoms with Crippen LogP contribution >= 0.6 is 0 Å². The number of hydrogen-bond donors (Lipinski definition) is 3. The normalized spacial score (nSPS) is 21.8. The summed E-state index contributed by atoms with van der Waals surface area (Å²) >= 11 is 0. The SMILES string of the molecule is CCOC(=O)[C@@H]1C[C@@H](C)CCN1C(=O)C(N)CCCN=C(N)N[N+](=O)[O-]. The summed E-state index contributed by atoms with van der Waals surface area (Å²) in [7, 11) is 0. The van der Waals surface area contributed by atoms with E-state index in [1.54, 1.807) is 12.3 Å². The highest BCUT2D eigenvalue weighted by molar-refractivity contribution is 5.87. The van der Waals surface area contributed by atoms with Gasteiger partial charge in [-0.1, -0.05) is 12.3 Å². The number of nitrogens with one attached hydrogen (secondary N) is 1. The maximum atomic E-state index is 12.6. The van der Waals surface area contributed by atoms with E-state index in [0.717, 1.165) is 6.42 Å². The smallest absolute Gasteiger partial charge is 0.328 e. The number of esters is 1. The predicted molar refractivity (Wildman–Crippen MR) is 94.4 cm³/mol. The van der Waals surface area contributed by atoms with Crippen molar-refractivity contribution in [3.8, 4) is 0 Å². The molecule has 148 valence electrons. The van der Waals surface area contributed by atoms with Crippen LogP contribution < -0.4 is 16.9 Å². The summed E-state index contributed by atoms with van der Waals surface area (Å²) in [6.45, 7) is 4.69. The number of likely N-dealkylation sites (tertiary alicyclic amines) is 1. The van der Waals surface area contributed by atoms with Crippen molar-refractivity contribution in [3.05, 3.63) is 10.1 Å². The Kier molecular flexibility index (Phi) is 8.76. The standard InChI is InChI=1S/C15H28N6O5/c1-3-26-14(23)12-9-10(2)6-8-20(12)13(22)11(16)5-4-7-18-15(17)19-21(24)25/h10-12H,3-9,16H2,1-2H3,(H3,17,18,19)/t10-,11?,12-/m0/s1. The molecule has 1 unspecified atom stereocenters. The van der Waals surface area contributed by atoms with Gasteiger partial charge in [0.2, 0.25) is 5.91 Å². The van der Waals surface area contributed by atoms with Crippen molar-refractivity contribution in [3.63, 3.8) is 0 Å². The molecule has 0 aromatic heterocycles. The zero-order valence-electron chi connectivity index (χ0n) is 15.2. The molecule has 0 aromatic carbocycles. The largest absolute Gasteiger partial charge is 0.464 e. The average molecular weight is 372 g/mol. The van der Waals surface area contributed by atoms with Gasteiger partial charge in [-0.3, -0.25) is 4.79 Å². The molecule has 0 spiro atoms. The molecule has 0 saturated carbocycles. The molecule has 26 heavy (non-hydrogen) atoms. The van der Waals surface area contributed by atoms with Gasteiger partial charge in [0, 0.05) is 13.1 Å². The van der Waals surface area contributed by atoms with Crippen LogP contribution in [0.15, 0.2) is 4.99 Å². The molecule has 0 aliphatic carbocycles. The molecule has 0 radical (unpaired) electrons. The molecule has 1 saturated heterocycles. The van der Waals surface area contributed by atoms with E-state index in [1.165, 1.54) is 4.90 Å². The van der Waals surface area contributed by atoms with Gasteiger partial charge in [-0.2, -0.15) is 0 Å². The summed E-state index contributed by atoms with van der Waals surface area (Å²) < 4.78 is 5.08. The second-order valence-electron chi connectivity index (χ2n) is 6.31. The fraction of sp³-hybridized carbons (Fsp3) is 0.800. The molecule has 5 N–H and O–H groups in total. The van der Waals surface area contributed by atoms with Gasteiger partial charge in [-0.15, -0.1) is 0 Å². The lowest BCUT2D eigenvalue weighted by Crippen LogP contribution is -2.55. The number of nitrogens with two attached hydrogens (primary N) is 2. The number of nitro groups is 1. The van der Waals surface area contributed by atoms with Crippen molar-refractivity contribution in [2.24, 2.45) is 22.4 Å². The van der Waals surface area contributed by atoms with Crippen molar-refractivity contribution in [2.75, 3.05) is 19.7 Å². The van der Waals surface area contributed by atoms with Crippen LogP contribution in [0.3, 0.4) is 0 Å². The predicted octanol–water partition coefficient (Wildman–Crippen LogP) is -0.620. The number of ether oxygens (including phenoxy) is 1. The third-order valence-electron chi connectivity index (χ3n) is 4.18. The number of piperidine rings is 1. The highest BCUT2D eigenvalue weighted by atomic mass is 16.7. The van der Waals surface area contributed by atoms with E-state index in [1.807, 2.05) is 6.92 Å². The minimum absolute atomic E-state index is 0.200. The van der Waals surface area contributed by atoms with Gasteiger partial charge in [-0.25, -0.2) is 19.9 Å². The first-order valence-electron chi connectivity index (χ1n) is 8.69. The van der Waals surface area contributed by atoms with Crippen molar-refractivity contribution in [2.45, 2.75) is 51.6 Å². The number of aliphatic imine (C=N–C) groups is 1. The molecule has 1 heterocycles. The molecule has 0 bridgehead atoms. The summed E-state index contributed by atoms with van der Waals surface area (Å²) in [5.74, 6) is -0.670. The van der Waals surface area contributed by atoms with Gasteiger partial charge >= 0.3 is 5.97 Å². The van der Waals surface area contributed by atoms with E-state index >= 15 is 0 Å². The number of amides is 1. The molecular formula is C15H28N6O5. The summed E-state index contributed by atoms with van der Waals surface area (Å²) in [5, 5.41) is 9.39. The van der Waals surface area contributed by atoms with E-state index in [-0.39, 0.29) is 25.0 Å². The molecule has 3 atom stereocenters. The summed E-state index contributed by atoms with van der Waals surface area (Å²) in [4.78, 5) is 40.3. The van der Waals surface area contributed by atoms with Crippen LogP contribution in [0, 0.1) is 16.0 Å². The lowest BCUT2D eigenvalue weighted by Gasteiger charge is -2.38. The molecule has 1 fully saturated rings. The zero-order valence-corrected chi connectivity index (χ0v) is 15.2. The number of rotatable bonds is 8. The lowest BCUT2D eigenvalue weighted by molar-refractivity contribution is -0.525. The van der Waals surface area contributed by atoms with Crippen LogP contribution in [0.1, 0.15) is 39.5 Å². The Bertz CT molecular complexity index is 541. The number of hydrazine groups is 1. The minimum atomic E-state index is -0.805. The molecule has 0 aromatic rings. The van der Waals surface area contributed by atoms with Crippen molar-refractivity contribution < 1.29 is 19.4 Å². The molecule has 11 heteroatoms. The Labute approximate surface area is 152 Å². The first kappa shape index (κ1) is 21.6. The van der Waals surface area contributed by atoms with E-state index in [2.05, 4.69) is 4.99 Å². The highest BCUT2D eigenvalue weighted by Gasteiger charge is 2.37. The Morgan fingerprint density at radius 2 is 2.19 bits per heavy atom. The first-order chi connectivity index (χ1) is 12.3. The minimum Gasteiger partial charge on any atom is -0.464 e. The van der Waals surface area contributed by atoms with Gasteiger partial charge < -0.3 is 21.1 Å². The van der Waals surface area contributed by atoms with Crippen LogP contribution in [0.2, 0.25) is 0 Å². The van der Waals surface area contributed by atoms with Gasteiger partial charge in [0.1, 0.15) is 6.04 Å². The molecule has 11 nitrogen and oxygen atoms in total. The van der Waals surface area contributed by atoms with Gasteiger partial charge in [-0.05, 0) is 38.5 Å². The van der Waals surface area contributed by atoms with Crippen molar-refractivity contribution >= 4 is 17.8 Å². The zero-order chi connectivity index (χ0) is 19.7. The fourth-order valence-electron chi connectivity index (χ4n) is 2.84. The van der Waals surface area contributed by atoms with Crippen LogP contribution in [0.25, 0.3) is 0 Å². The van der Waals surface area contributed by atoms with Gasteiger partial charge in [0.05, 0.1) is 12.6 Å². The number of carbonyl (C=O) groups excluding carboxylic acids is 2.